The molecule has 0 atom stereocenters. The van der Waals surface area contributed by atoms with Crippen LogP contribution >= 0.6 is 0 Å². The van der Waals surface area contributed by atoms with Crippen LogP contribution in [0.2, 0.25) is 0 Å². The summed E-state index contributed by atoms with van der Waals surface area (Å²) in [5, 5.41) is 0. The van der Waals surface area contributed by atoms with Crippen molar-refractivity contribution in [2.75, 3.05) is 13.7 Å². The van der Waals surface area contributed by atoms with Crippen LogP contribution in [0.5, 0.6) is 0 Å². The second-order valence-electron chi connectivity index (χ2n) is 5.68. The topological polar surface area (TPSA) is 44.8 Å². The quantitative estimate of drug-likeness (QED) is 0.434. The molecule has 112 valence electrons. The van der Waals surface area contributed by atoms with E-state index in [2.05, 4.69) is 13.8 Å². The first-order valence-electron chi connectivity index (χ1n) is 6.84. The summed E-state index contributed by atoms with van der Waals surface area (Å²) in [6.45, 7) is 8.41. The lowest BCUT2D eigenvalue weighted by molar-refractivity contribution is -0.247. The first-order chi connectivity index (χ1) is 9.35. The predicted octanol–water partition coefficient (Wildman–Crippen LogP) is 3.71. The van der Waals surface area contributed by atoms with Gasteiger partial charge in [0.1, 0.15) is 0 Å². The minimum Gasteiger partial charge on any atom is -0.379 e. The molecule has 0 aliphatic heterocycles. The summed E-state index contributed by atoms with van der Waals surface area (Å²) < 4.78 is 5.24. The number of ether oxygens (including phenoxy) is 1. The molecule has 0 radical (unpaired) electrons. The van der Waals surface area contributed by atoms with Gasteiger partial charge in [-0.2, -0.15) is 4.89 Å². The minimum atomic E-state index is -0.476. The second kappa shape index (κ2) is 7.41. The van der Waals surface area contributed by atoms with Crippen LogP contribution in [0.1, 0.15) is 56.0 Å². The van der Waals surface area contributed by atoms with E-state index in [0.717, 1.165) is 0 Å². The van der Waals surface area contributed by atoms with Gasteiger partial charge in [-0.05, 0) is 37.5 Å². The summed E-state index contributed by atoms with van der Waals surface area (Å²) in [5.41, 5.74) is 1.38. The van der Waals surface area contributed by atoms with Crippen molar-refractivity contribution in [3.63, 3.8) is 0 Å². The highest BCUT2D eigenvalue weighted by Gasteiger charge is 2.17. The number of rotatable bonds is 7. The molecule has 0 amide bonds. The fourth-order valence-electron chi connectivity index (χ4n) is 1.54. The Hall–Kier alpha value is -1.39. The third kappa shape index (κ3) is 5.31. The molecule has 0 bridgehead atoms. The zero-order valence-corrected chi connectivity index (χ0v) is 12.9. The van der Waals surface area contributed by atoms with Gasteiger partial charge < -0.3 is 4.74 Å². The number of hydrogen-bond acceptors (Lipinski definition) is 4. The Morgan fingerprint density at radius 2 is 1.80 bits per heavy atom. The lowest BCUT2D eigenvalue weighted by Crippen LogP contribution is -2.24. The molecule has 0 heterocycles. The van der Waals surface area contributed by atoms with Gasteiger partial charge in [0, 0.05) is 13.5 Å². The van der Waals surface area contributed by atoms with Crippen molar-refractivity contribution in [1.82, 2.24) is 0 Å². The highest BCUT2D eigenvalue weighted by atomic mass is 17.2. The first kappa shape index (κ1) is 16.7. The molecular formula is C16H24O4. The van der Waals surface area contributed by atoms with Crippen molar-refractivity contribution in [2.45, 2.75) is 45.6 Å². The summed E-state index contributed by atoms with van der Waals surface area (Å²) in [6, 6.07) is 7.35. The normalized spacial score (nSPS) is 11.7. The van der Waals surface area contributed by atoms with Crippen LogP contribution in [0.25, 0.3) is 0 Å². The summed E-state index contributed by atoms with van der Waals surface area (Å²) in [5.74, 6) is -0.0388. The zero-order chi connectivity index (χ0) is 15.2. The number of benzene rings is 1. The maximum absolute atomic E-state index is 11.7. The fraction of sp³-hybridized carbons (Fsp3) is 0.562. The van der Waals surface area contributed by atoms with Crippen molar-refractivity contribution < 1.29 is 19.3 Å². The predicted molar refractivity (Wildman–Crippen MR) is 77.6 cm³/mol. The van der Waals surface area contributed by atoms with E-state index < -0.39 is 5.97 Å². The molecule has 0 fully saturated rings. The summed E-state index contributed by atoms with van der Waals surface area (Å²) >= 11 is 0. The van der Waals surface area contributed by atoms with Gasteiger partial charge in [-0.15, -0.1) is 0 Å². The third-order valence-electron chi connectivity index (χ3n) is 3.29. The molecule has 0 unspecified atom stereocenters. The maximum atomic E-state index is 11.7. The molecule has 20 heavy (non-hydrogen) atoms. The lowest BCUT2D eigenvalue weighted by Gasteiger charge is -2.21. The SMILES string of the molecule is COC(C)(C)CCOOC(=O)c1ccc(C(C)C)cc1. The Balaban J connectivity index is 2.40. The fourth-order valence-corrected chi connectivity index (χ4v) is 1.54. The molecule has 0 aromatic heterocycles. The van der Waals surface area contributed by atoms with Crippen molar-refractivity contribution in [3.05, 3.63) is 35.4 Å². The van der Waals surface area contributed by atoms with E-state index in [4.69, 9.17) is 14.5 Å². The minimum absolute atomic E-state index is 0.286. The van der Waals surface area contributed by atoms with E-state index >= 15 is 0 Å². The van der Waals surface area contributed by atoms with E-state index in [1.807, 2.05) is 26.0 Å². The highest BCUT2D eigenvalue weighted by molar-refractivity contribution is 5.88. The molecule has 1 rings (SSSR count). The number of methoxy groups -OCH3 is 1. The van der Waals surface area contributed by atoms with E-state index in [1.165, 1.54) is 5.56 Å². The summed E-state index contributed by atoms with van der Waals surface area (Å²) in [4.78, 5) is 21.5. The molecule has 1 aromatic carbocycles. The number of hydrogen-bond donors (Lipinski definition) is 0. The van der Waals surface area contributed by atoms with Crippen LogP contribution in [0.15, 0.2) is 24.3 Å². The molecule has 1 aromatic rings. The van der Waals surface area contributed by atoms with Crippen LogP contribution in [0.4, 0.5) is 0 Å². The standard InChI is InChI=1S/C16H24O4/c1-12(2)13-6-8-14(9-7-13)15(17)20-19-11-10-16(3,4)18-5/h6-9,12H,10-11H2,1-5H3. The molecular weight excluding hydrogens is 256 g/mol. The molecule has 4 heteroatoms. The molecule has 0 aliphatic rings. The van der Waals surface area contributed by atoms with Gasteiger partial charge >= 0.3 is 5.97 Å². The van der Waals surface area contributed by atoms with Gasteiger partial charge in [0.2, 0.25) is 0 Å². The molecule has 0 saturated carbocycles. The van der Waals surface area contributed by atoms with E-state index in [-0.39, 0.29) is 5.60 Å². The van der Waals surface area contributed by atoms with Gasteiger partial charge in [0.25, 0.3) is 0 Å². The maximum Gasteiger partial charge on any atom is 0.373 e. The van der Waals surface area contributed by atoms with Crippen LogP contribution in [0.3, 0.4) is 0 Å². The van der Waals surface area contributed by atoms with Gasteiger partial charge in [-0.3, -0.25) is 4.89 Å². The van der Waals surface area contributed by atoms with Crippen molar-refractivity contribution in [1.29, 1.82) is 0 Å². The van der Waals surface area contributed by atoms with E-state index in [9.17, 15) is 4.79 Å². The molecule has 0 saturated heterocycles. The van der Waals surface area contributed by atoms with Gasteiger partial charge in [-0.1, -0.05) is 26.0 Å². The average Bonchev–Trinajstić information content (AvgIpc) is 2.43. The summed E-state index contributed by atoms with van der Waals surface area (Å²) in [7, 11) is 1.64. The van der Waals surface area contributed by atoms with Gasteiger partial charge in [-0.25, -0.2) is 4.79 Å². The average molecular weight is 280 g/mol. The van der Waals surface area contributed by atoms with Crippen LogP contribution in [-0.2, 0) is 14.5 Å². The van der Waals surface area contributed by atoms with Crippen LogP contribution in [0, 0.1) is 0 Å². The van der Waals surface area contributed by atoms with Crippen LogP contribution in [-0.4, -0.2) is 25.3 Å². The first-order valence-corrected chi connectivity index (χ1v) is 6.84. The second-order valence-corrected chi connectivity index (χ2v) is 5.68. The summed E-state index contributed by atoms with van der Waals surface area (Å²) in [6.07, 6.45) is 0.642. The van der Waals surface area contributed by atoms with Crippen molar-refractivity contribution in [2.24, 2.45) is 0 Å². The Bertz CT molecular complexity index is 421. The molecule has 4 nitrogen and oxygen atoms in total. The van der Waals surface area contributed by atoms with Crippen molar-refractivity contribution >= 4 is 5.97 Å². The zero-order valence-electron chi connectivity index (χ0n) is 12.9. The largest absolute Gasteiger partial charge is 0.379 e. The molecule has 0 N–H and O–H groups in total. The van der Waals surface area contributed by atoms with E-state index in [1.54, 1.807) is 19.2 Å². The number of carbonyl (C=O) groups excluding carboxylic acids is 1. The monoisotopic (exact) mass is 280 g/mol. The smallest absolute Gasteiger partial charge is 0.373 e. The number of carbonyl (C=O) groups is 1. The van der Waals surface area contributed by atoms with Crippen molar-refractivity contribution in [3.8, 4) is 0 Å². The Labute approximate surface area is 121 Å². The Morgan fingerprint density at radius 1 is 1.20 bits per heavy atom. The third-order valence-corrected chi connectivity index (χ3v) is 3.29. The van der Waals surface area contributed by atoms with Gasteiger partial charge in [0.05, 0.1) is 17.8 Å². The molecule has 0 spiro atoms. The highest BCUT2D eigenvalue weighted by Crippen LogP contribution is 2.16. The van der Waals surface area contributed by atoms with E-state index in [0.29, 0.717) is 24.5 Å². The van der Waals surface area contributed by atoms with Gasteiger partial charge in [0.15, 0.2) is 0 Å². The molecule has 0 aliphatic carbocycles. The van der Waals surface area contributed by atoms with Crippen LogP contribution < -0.4 is 0 Å². The Kier molecular flexibility index (Phi) is 6.17. The lowest BCUT2D eigenvalue weighted by atomic mass is 10.0. The Morgan fingerprint density at radius 3 is 2.30 bits per heavy atom.